The molecule has 4 heteroatoms. The maximum atomic E-state index is 4.55. The highest BCUT2D eigenvalue weighted by Crippen LogP contribution is 2.22. The molecule has 2 aromatic heterocycles. The SMILES string of the molecule is CC=C(C)c1nc2ccc(-c3ncccn3)cc2[nH]1. The van der Waals surface area contributed by atoms with Crippen molar-refractivity contribution in [3.63, 3.8) is 0 Å². The number of hydrogen-bond acceptors (Lipinski definition) is 3. The minimum atomic E-state index is 0.725. The van der Waals surface area contributed by atoms with Gasteiger partial charge < -0.3 is 4.98 Å². The first kappa shape index (κ1) is 11.6. The molecule has 1 aromatic carbocycles. The summed E-state index contributed by atoms with van der Waals surface area (Å²) in [7, 11) is 0. The lowest BCUT2D eigenvalue weighted by molar-refractivity contribution is 1.18. The van der Waals surface area contributed by atoms with E-state index in [2.05, 4.69) is 19.9 Å². The summed E-state index contributed by atoms with van der Waals surface area (Å²) < 4.78 is 0. The molecule has 0 bridgehead atoms. The van der Waals surface area contributed by atoms with Crippen LogP contribution in [-0.2, 0) is 0 Å². The predicted octanol–water partition coefficient (Wildman–Crippen LogP) is 3.44. The van der Waals surface area contributed by atoms with Crippen molar-refractivity contribution in [3.8, 4) is 11.4 Å². The maximum Gasteiger partial charge on any atom is 0.159 e. The topological polar surface area (TPSA) is 54.5 Å². The Balaban J connectivity index is 2.11. The zero-order valence-electron chi connectivity index (χ0n) is 10.9. The highest BCUT2D eigenvalue weighted by molar-refractivity contribution is 5.82. The number of aromatic nitrogens is 4. The lowest BCUT2D eigenvalue weighted by atomic mass is 10.2. The van der Waals surface area contributed by atoms with Crippen molar-refractivity contribution in [2.45, 2.75) is 13.8 Å². The largest absolute Gasteiger partial charge is 0.338 e. The molecule has 0 saturated heterocycles. The van der Waals surface area contributed by atoms with Crippen LogP contribution in [0.2, 0.25) is 0 Å². The lowest BCUT2D eigenvalue weighted by Crippen LogP contribution is -1.86. The minimum Gasteiger partial charge on any atom is -0.338 e. The van der Waals surface area contributed by atoms with Crippen LogP contribution in [0.3, 0.4) is 0 Å². The van der Waals surface area contributed by atoms with E-state index in [9.17, 15) is 0 Å². The van der Waals surface area contributed by atoms with Crippen LogP contribution in [0.5, 0.6) is 0 Å². The molecule has 0 radical (unpaired) electrons. The molecule has 0 unspecified atom stereocenters. The number of benzene rings is 1. The molecule has 0 aliphatic rings. The summed E-state index contributed by atoms with van der Waals surface area (Å²) in [6.07, 6.45) is 5.53. The first-order valence-electron chi connectivity index (χ1n) is 6.18. The normalized spacial score (nSPS) is 12.0. The van der Waals surface area contributed by atoms with Crippen LogP contribution in [0, 0.1) is 0 Å². The van der Waals surface area contributed by atoms with Gasteiger partial charge in [-0.25, -0.2) is 15.0 Å². The summed E-state index contributed by atoms with van der Waals surface area (Å²) in [5, 5.41) is 0. The van der Waals surface area contributed by atoms with E-state index in [0.717, 1.165) is 33.8 Å². The highest BCUT2D eigenvalue weighted by Gasteiger charge is 2.06. The standard InChI is InChI=1S/C15H14N4/c1-3-10(2)14-18-12-6-5-11(9-13(12)19-14)15-16-7-4-8-17-15/h3-9H,1-2H3,(H,18,19). The van der Waals surface area contributed by atoms with Crippen molar-refractivity contribution in [3.05, 3.63) is 48.6 Å². The fraction of sp³-hybridized carbons (Fsp3) is 0.133. The molecule has 0 aliphatic heterocycles. The first-order chi connectivity index (χ1) is 9.28. The van der Waals surface area contributed by atoms with Gasteiger partial charge >= 0.3 is 0 Å². The van der Waals surface area contributed by atoms with Crippen LogP contribution in [0.25, 0.3) is 28.0 Å². The van der Waals surface area contributed by atoms with Crippen LogP contribution in [0.15, 0.2) is 42.7 Å². The Bertz CT molecular complexity index is 741. The van der Waals surface area contributed by atoms with E-state index in [1.54, 1.807) is 12.4 Å². The van der Waals surface area contributed by atoms with E-state index in [-0.39, 0.29) is 0 Å². The molecule has 19 heavy (non-hydrogen) atoms. The van der Waals surface area contributed by atoms with Gasteiger partial charge in [0.15, 0.2) is 5.82 Å². The van der Waals surface area contributed by atoms with Gasteiger partial charge in [-0.15, -0.1) is 0 Å². The number of fused-ring (bicyclic) bond motifs is 1. The van der Waals surface area contributed by atoms with Gasteiger partial charge in [0, 0.05) is 18.0 Å². The molecule has 4 nitrogen and oxygen atoms in total. The summed E-state index contributed by atoms with van der Waals surface area (Å²) in [5.74, 6) is 1.63. The third kappa shape index (κ3) is 2.12. The molecule has 94 valence electrons. The number of rotatable bonds is 2. The van der Waals surface area contributed by atoms with Crippen LogP contribution >= 0.6 is 0 Å². The molecule has 3 aromatic rings. The average molecular weight is 250 g/mol. The number of nitrogens with zero attached hydrogens (tertiary/aromatic N) is 3. The molecule has 1 N–H and O–H groups in total. The molecular weight excluding hydrogens is 236 g/mol. The Kier molecular flexibility index (Phi) is 2.83. The van der Waals surface area contributed by atoms with Crippen molar-refractivity contribution in [2.24, 2.45) is 0 Å². The molecule has 0 spiro atoms. The molecular formula is C15H14N4. The van der Waals surface area contributed by atoms with E-state index in [1.165, 1.54) is 0 Å². The third-order valence-corrected chi connectivity index (χ3v) is 3.11. The van der Waals surface area contributed by atoms with Crippen molar-refractivity contribution in [1.82, 2.24) is 19.9 Å². The summed E-state index contributed by atoms with van der Waals surface area (Å²) in [4.78, 5) is 16.4. The summed E-state index contributed by atoms with van der Waals surface area (Å²) >= 11 is 0. The van der Waals surface area contributed by atoms with Gasteiger partial charge in [0.1, 0.15) is 5.82 Å². The quantitative estimate of drug-likeness (QED) is 0.758. The van der Waals surface area contributed by atoms with E-state index in [0.29, 0.717) is 0 Å². The van der Waals surface area contributed by atoms with Crippen LogP contribution in [-0.4, -0.2) is 19.9 Å². The minimum absolute atomic E-state index is 0.725. The first-order valence-corrected chi connectivity index (χ1v) is 6.18. The number of imidazole rings is 1. The predicted molar refractivity (Wildman–Crippen MR) is 76.4 cm³/mol. The second-order valence-corrected chi connectivity index (χ2v) is 4.36. The number of nitrogens with one attached hydrogen (secondary N) is 1. The third-order valence-electron chi connectivity index (χ3n) is 3.11. The molecule has 0 fully saturated rings. The Morgan fingerprint density at radius 2 is 2.00 bits per heavy atom. The second kappa shape index (κ2) is 4.65. The van der Waals surface area contributed by atoms with Gasteiger partial charge in [0.2, 0.25) is 0 Å². The maximum absolute atomic E-state index is 4.55. The van der Waals surface area contributed by atoms with E-state index in [4.69, 9.17) is 0 Å². The van der Waals surface area contributed by atoms with Crippen molar-refractivity contribution >= 4 is 16.6 Å². The molecule has 0 saturated carbocycles. The summed E-state index contributed by atoms with van der Waals surface area (Å²) in [6, 6.07) is 7.83. The van der Waals surface area contributed by atoms with Gasteiger partial charge in [-0.2, -0.15) is 0 Å². The molecule has 0 aliphatic carbocycles. The Morgan fingerprint density at radius 3 is 2.74 bits per heavy atom. The van der Waals surface area contributed by atoms with E-state index < -0.39 is 0 Å². The van der Waals surface area contributed by atoms with Gasteiger partial charge in [-0.1, -0.05) is 6.08 Å². The second-order valence-electron chi connectivity index (χ2n) is 4.36. The number of hydrogen-bond donors (Lipinski definition) is 1. The van der Waals surface area contributed by atoms with E-state index in [1.807, 2.05) is 44.2 Å². The number of aromatic amines is 1. The fourth-order valence-electron chi connectivity index (χ4n) is 1.92. The number of H-pyrrole nitrogens is 1. The van der Waals surface area contributed by atoms with Crippen LogP contribution in [0.1, 0.15) is 19.7 Å². The Labute approximate surface area is 111 Å². The lowest BCUT2D eigenvalue weighted by Gasteiger charge is -1.98. The van der Waals surface area contributed by atoms with Gasteiger partial charge in [0.05, 0.1) is 11.0 Å². The molecule has 0 amide bonds. The number of allylic oxidation sites excluding steroid dienone is 2. The molecule has 2 heterocycles. The molecule has 0 atom stereocenters. The zero-order chi connectivity index (χ0) is 13.2. The highest BCUT2D eigenvalue weighted by atomic mass is 14.9. The van der Waals surface area contributed by atoms with Gasteiger partial charge in [-0.3, -0.25) is 0 Å². The fourth-order valence-corrected chi connectivity index (χ4v) is 1.92. The van der Waals surface area contributed by atoms with E-state index >= 15 is 0 Å². The van der Waals surface area contributed by atoms with Crippen LogP contribution < -0.4 is 0 Å². The van der Waals surface area contributed by atoms with Crippen molar-refractivity contribution in [1.29, 1.82) is 0 Å². The average Bonchev–Trinajstić information content (AvgIpc) is 2.90. The smallest absolute Gasteiger partial charge is 0.159 e. The van der Waals surface area contributed by atoms with Crippen molar-refractivity contribution in [2.75, 3.05) is 0 Å². The van der Waals surface area contributed by atoms with Crippen LogP contribution in [0.4, 0.5) is 0 Å². The zero-order valence-corrected chi connectivity index (χ0v) is 10.9. The summed E-state index contributed by atoms with van der Waals surface area (Å²) in [5.41, 5.74) is 4.08. The van der Waals surface area contributed by atoms with Crippen molar-refractivity contribution < 1.29 is 0 Å². The summed E-state index contributed by atoms with van der Waals surface area (Å²) in [6.45, 7) is 4.05. The molecule has 3 rings (SSSR count). The Morgan fingerprint density at radius 1 is 1.21 bits per heavy atom. The van der Waals surface area contributed by atoms with Gasteiger partial charge in [-0.05, 0) is 43.7 Å². The monoisotopic (exact) mass is 250 g/mol. The Hall–Kier alpha value is -2.49. The van der Waals surface area contributed by atoms with Gasteiger partial charge in [0.25, 0.3) is 0 Å².